The SMILES string of the molecule is O=C1C2CC2C(=O)N1CCSc1ccccc1. The van der Waals surface area contributed by atoms with Crippen molar-refractivity contribution in [3.05, 3.63) is 30.3 Å². The van der Waals surface area contributed by atoms with Crippen molar-refractivity contribution in [1.82, 2.24) is 4.90 Å². The van der Waals surface area contributed by atoms with Crippen LogP contribution in [0.15, 0.2) is 35.2 Å². The van der Waals surface area contributed by atoms with Gasteiger partial charge in [0.2, 0.25) is 11.8 Å². The number of piperidine rings is 1. The summed E-state index contributed by atoms with van der Waals surface area (Å²) in [4.78, 5) is 26.0. The fourth-order valence-electron chi connectivity index (χ4n) is 2.24. The van der Waals surface area contributed by atoms with Crippen LogP contribution in [0.5, 0.6) is 0 Å². The highest BCUT2D eigenvalue weighted by molar-refractivity contribution is 7.99. The monoisotopic (exact) mass is 247 g/mol. The quantitative estimate of drug-likeness (QED) is 0.601. The van der Waals surface area contributed by atoms with E-state index in [4.69, 9.17) is 0 Å². The average Bonchev–Trinajstić information content (AvgIpc) is 3.10. The van der Waals surface area contributed by atoms with E-state index in [0.717, 1.165) is 12.2 Å². The minimum atomic E-state index is 0.0317. The number of hydrogen-bond donors (Lipinski definition) is 0. The molecule has 1 aromatic rings. The first-order chi connectivity index (χ1) is 8.27. The van der Waals surface area contributed by atoms with Gasteiger partial charge in [-0.15, -0.1) is 11.8 Å². The van der Waals surface area contributed by atoms with Crippen LogP contribution in [0.2, 0.25) is 0 Å². The molecule has 0 N–H and O–H groups in total. The van der Waals surface area contributed by atoms with Crippen LogP contribution in [0.25, 0.3) is 0 Å². The van der Waals surface area contributed by atoms with Crippen molar-refractivity contribution in [2.24, 2.45) is 11.8 Å². The highest BCUT2D eigenvalue weighted by Crippen LogP contribution is 2.46. The zero-order chi connectivity index (χ0) is 11.8. The van der Waals surface area contributed by atoms with Crippen molar-refractivity contribution in [1.29, 1.82) is 0 Å². The Morgan fingerprint density at radius 1 is 1.12 bits per heavy atom. The van der Waals surface area contributed by atoms with Gasteiger partial charge < -0.3 is 0 Å². The average molecular weight is 247 g/mol. The molecule has 1 aromatic carbocycles. The number of carbonyl (C=O) groups is 2. The predicted molar refractivity (Wildman–Crippen MR) is 65.5 cm³/mol. The lowest BCUT2D eigenvalue weighted by Gasteiger charge is -2.15. The van der Waals surface area contributed by atoms with E-state index in [1.54, 1.807) is 11.8 Å². The van der Waals surface area contributed by atoms with Gasteiger partial charge in [-0.1, -0.05) is 18.2 Å². The van der Waals surface area contributed by atoms with Gasteiger partial charge >= 0.3 is 0 Å². The van der Waals surface area contributed by atoms with E-state index < -0.39 is 0 Å². The molecule has 1 heterocycles. The van der Waals surface area contributed by atoms with Gasteiger partial charge in [-0.2, -0.15) is 0 Å². The van der Waals surface area contributed by atoms with Crippen LogP contribution in [0.4, 0.5) is 0 Å². The molecular formula is C13H13NO2S. The first-order valence-electron chi connectivity index (χ1n) is 5.80. The Bertz CT molecular complexity index is 440. The molecular weight excluding hydrogens is 234 g/mol. The van der Waals surface area contributed by atoms with Crippen LogP contribution < -0.4 is 0 Å². The van der Waals surface area contributed by atoms with E-state index in [1.165, 1.54) is 9.80 Å². The Hall–Kier alpha value is -1.29. The smallest absolute Gasteiger partial charge is 0.233 e. The van der Waals surface area contributed by atoms with E-state index >= 15 is 0 Å². The molecule has 1 aliphatic heterocycles. The number of nitrogens with zero attached hydrogens (tertiary/aromatic N) is 1. The molecule has 2 atom stereocenters. The molecule has 1 aliphatic carbocycles. The van der Waals surface area contributed by atoms with Crippen molar-refractivity contribution >= 4 is 23.6 Å². The van der Waals surface area contributed by atoms with Crippen LogP contribution in [-0.2, 0) is 9.59 Å². The number of rotatable bonds is 4. The maximum Gasteiger partial charge on any atom is 0.233 e. The summed E-state index contributed by atoms with van der Waals surface area (Å²) >= 11 is 1.68. The second-order valence-corrected chi connectivity index (χ2v) is 5.61. The summed E-state index contributed by atoms with van der Waals surface area (Å²) in [5.74, 6) is 0.941. The zero-order valence-electron chi connectivity index (χ0n) is 9.33. The van der Waals surface area contributed by atoms with Gasteiger partial charge in [0.1, 0.15) is 0 Å². The number of likely N-dealkylation sites (tertiary alicyclic amines) is 1. The number of fused-ring (bicyclic) bond motifs is 1. The molecule has 0 spiro atoms. The van der Waals surface area contributed by atoms with Crippen molar-refractivity contribution in [3.63, 3.8) is 0 Å². The summed E-state index contributed by atoms with van der Waals surface area (Å²) in [7, 11) is 0. The van der Waals surface area contributed by atoms with Crippen molar-refractivity contribution in [3.8, 4) is 0 Å². The van der Waals surface area contributed by atoms with Crippen LogP contribution in [0.3, 0.4) is 0 Å². The van der Waals surface area contributed by atoms with Gasteiger partial charge in [0.05, 0.1) is 11.8 Å². The number of hydrogen-bond acceptors (Lipinski definition) is 3. The number of thioether (sulfide) groups is 1. The van der Waals surface area contributed by atoms with Gasteiger partial charge in [0, 0.05) is 17.2 Å². The third-order valence-corrected chi connectivity index (χ3v) is 4.28. The minimum Gasteiger partial charge on any atom is -0.281 e. The third kappa shape index (κ3) is 1.97. The van der Waals surface area contributed by atoms with Gasteiger partial charge in [-0.3, -0.25) is 14.5 Å². The third-order valence-electron chi connectivity index (χ3n) is 3.28. The zero-order valence-corrected chi connectivity index (χ0v) is 10.2. The van der Waals surface area contributed by atoms with Crippen LogP contribution in [-0.4, -0.2) is 29.0 Å². The molecule has 2 unspecified atom stereocenters. The van der Waals surface area contributed by atoms with Gasteiger partial charge in [0.15, 0.2) is 0 Å². The van der Waals surface area contributed by atoms with E-state index in [2.05, 4.69) is 0 Å². The summed E-state index contributed by atoms with van der Waals surface area (Å²) in [5, 5.41) is 0. The van der Waals surface area contributed by atoms with Gasteiger partial charge in [0.25, 0.3) is 0 Å². The van der Waals surface area contributed by atoms with Crippen molar-refractivity contribution in [2.45, 2.75) is 11.3 Å². The number of carbonyl (C=O) groups excluding carboxylic acids is 2. The van der Waals surface area contributed by atoms with Crippen LogP contribution in [0.1, 0.15) is 6.42 Å². The Morgan fingerprint density at radius 2 is 1.76 bits per heavy atom. The van der Waals surface area contributed by atoms with Crippen molar-refractivity contribution < 1.29 is 9.59 Å². The van der Waals surface area contributed by atoms with E-state index in [9.17, 15) is 9.59 Å². The number of benzene rings is 1. The first-order valence-corrected chi connectivity index (χ1v) is 6.79. The van der Waals surface area contributed by atoms with Gasteiger partial charge in [-0.25, -0.2) is 0 Å². The molecule has 2 fully saturated rings. The molecule has 0 radical (unpaired) electrons. The summed E-state index contributed by atoms with van der Waals surface area (Å²) in [6.45, 7) is 0.546. The van der Waals surface area contributed by atoms with Crippen molar-refractivity contribution in [2.75, 3.05) is 12.3 Å². The summed E-state index contributed by atoms with van der Waals surface area (Å²) in [5.41, 5.74) is 0. The molecule has 0 aromatic heterocycles. The summed E-state index contributed by atoms with van der Waals surface area (Å²) in [6.07, 6.45) is 0.792. The molecule has 2 amide bonds. The second-order valence-electron chi connectivity index (χ2n) is 4.44. The first kappa shape index (κ1) is 10.8. The maximum absolute atomic E-state index is 11.7. The van der Waals surface area contributed by atoms with E-state index in [1.807, 2.05) is 30.3 Å². The highest BCUT2D eigenvalue weighted by atomic mass is 32.2. The highest BCUT2D eigenvalue weighted by Gasteiger charge is 2.58. The van der Waals surface area contributed by atoms with Crippen LogP contribution >= 0.6 is 11.8 Å². The molecule has 1 saturated carbocycles. The molecule has 17 heavy (non-hydrogen) atoms. The molecule has 3 rings (SSSR count). The Labute approximate surface area is 104 Å². The lowest BCUT2D eigenvalue weighted by Crippen LogP contribution is -2.34. The minimum absolute atomic E-state index is 0.0317. The fourth-order valence-corrected chi connectivity index (χ4v) is 3.10. The lowest BCUT2D eigenvalue weighted by molar-refractivity contribution is -0.140. The molecule has 3 nitrogen and oxygen atoms in total. The Balaban J connectivity index is 1.52. The number of imide groups is 1. The molecule has 4 heteroatoms. The maximum atomic E-state index is 11.7. The second kappa shape index (κ2) is 4.18. The van der Waals surface area contributed by atoms with E-state index in [0.29, 0.717) is 6.54 Å². The largest absolute Gasteiger partial charge is 0.281 e. The summed E-state index contributed by atoms with van der Waals surface area (Å²) < 4.78 is 0. The normalized spacial score (nSPS) is 26.2. The predicted octanol–water partition coefficient (Wildman–Crippen LogP) is 1.78. The Morgan fingerprint density at radius 3 is 2.41 bits per heavy atom. The molecule has 1 saturated heterocycles. The lowest BCUT2D eigenvalue weighted by atomic mass is 10.4. The molecule has 2 aliphatic rings. The molecule has 0 bridgehead atoms. The Kier molecular flexibility index (Phi) is 2.67. The number of amides is 2. The van der Waals surface area contributed by atoms with E-state index in [-0.39, 0.29) is 23.7 Å². The summed E-state index contributed by atoms with van der Waals surface area (Å²) in [6, 6.07) is 10.0. The molecule has 88 valence electrons. The fraction of sp³-hybridized carbons (Fsp3) is 0.385. The topological polar surface area (TPSA) is 37.4 Å². The standard InChI is InChI=1S/C13H13NO2S/c15-12-10-8-11(10)13(16)14(12)6-7-17-9-4-2-1-3-5-9/h1-5,10-11H,6-8H2. The van der Waals surface area contributed by atoms with Crippen LogP contribution in [0, 0.1) is 11.8 Å². The van der Waals surface area contributed by atoms with Gasteiger partial charge in [-0.05, 0) is 18.6 Å².